The van der Waals surface area contributed by atoms with Gasteiger partial charge in [-0.1, -0.05) is 24.3 Å². The minimum Gasteiger partial charge on any atom is -0.469 e. The Hall–Kier alpha value is -1.64. The molecule has 1 aliphatic carbocycles. The van der Waals surface area contributed by atoms with Crippen LogP contribution in [0.2, 0.25) is 0 Å². The van der Waals surface area contributed by atoms with Crippen LogP contribution in [-0.2, 0) is 16.0 Å². The van der Waals surface area contributed by atoms with Gasteiger partial charge in [-0.2, -0.15) is 0 Å². The highest BCUT2D eigenvalue weighted by Crippen LogP contribution is 2.28. The molecule has 0 N–H and O–H groups in total. The minimum atomic E-state index is -0.196. The van der Waals surface area contributed by atoms with E-state index in [1.54, 1.807) is 0 Å². The first kappa shape index (κ1) is 12.8. The molecule has 0 fully saturated rings. The molecule has 1 aliphatic rings. The zero-order valence-corrected chi connectivity index (χ0v) is 10.6. The van der Waals surface area contributed by atoms with Crippen LogP contribution in [0.3, 0.4) is 0 Å². The van der Waals surface area contributed by atoms with Crippen LogP contribution in [0.25, 0.3) is 0 Å². The first-order valence-corrected chi connectivity index (χ1v) is 6.41. The molecule has 0 amide bonds. The molecule has 18 heavy (non-hydrogen) atoms. The lowest BCUT2D eigenvalue weighted by Gasteiger charge is -2.22. The van der Waals surface area contributed by atoms with Gasteiger partial charge in [-0.05, 0) is 31.2 Å². The smallest absolute Gasteiger partial charge is 0.305 e. The number of Topliss-reactive ketones (excluding diaryl/α,β-unsaturated/α-hetero) is 1. The molecule has 0 saturated carbocycles. The van der Waals surface area contributed by atoms with Gasteiger partial charge in [-0.15, -0.1) is 0 Å². The second-order valence-electron chi connectivity index (χ2n) is 4.73. The number of carbonyl (C=O) groups excluding carboxylic acids is 2. The van der Waals surface area contributed by atoms with E-state index in [2.05, 4.69) is 4.74 Å². The van der Waals surface area contributed by atoms with Crippen molar-refractivity contribution in [1.82, 2.24) is 0 Å². The number of aryl methyl sites for hydroxylation is 1. The Bertz CT molecular complexity index is 451. The summed E-state index contributed by atoms with van der Waals surface area (Å²) < 4.78 is 4.60. The molecule has 3 nitrogen and oxygen atoms in total. The van der Waals surface area contributed by atoms with Crippen molar-refractivity contribution in [3.63, 3.8) is 0 Å². The molecule has 0 spiro atoms. The highest BCUT2D eigenvalue weighted by Gasteiger charge is 2.26. The molecular weight excluding hydrogens is 228 g/mol. The molecule has 1 aromatic carbocycles. The number of ether oxygens (including phenoxy) is 1. The lowest BCUT2D eigenvalue weighted by atomic mass is 9.80. The number of methoxy groups -OCH3 is 1. The average molecular weight is 246 g/mol. The van der Waals surface area contributed by atoms with Crippen LogP contribution < -0.4 is 0 Å². The molecule has 3 heteroatoms. The third kappa shape index (κ3) is 2.78. The van der Waals surface area contributed by atoms with Crippen molar-refractivity contribution in [2.45, 2.75) is 32.1 Å². The van der Waals surface area contributed by atoms with E-state index in [0.29, 0.717) is 6.42 Å². The highest BCUT2D eigenvalue weighted by molar-refractivity contribution is 6.00. The third-order valence-corrected chi connectivity index (χ3v) is 3.58. The molecule has 2 rings (SSSR count). The van der Waals surface area contributed by atoms with Gasteiger partial charge in [0, 0.05) is 17.9 Å². The number of carbonyl (C=O) groups is 2. The number of esters is 1. The quantitative estimate of drug-likeness (QED) is 0.767. The van der Waals surface area contributed by atoms with Gasteiger partial charge in [0.2, 0.25) is 0 Å². The Morgan fingerprint density at radius 1 is 1.39 bits per heavy atom. The SMILES string of the molecule is COC(=O)CCCC1CCc2ccccc2C1=O. The Kier molecular flexibility index (Phi) is 4.13. The predicted octanol–water partition coefficient (Wildman–Crippen LogP) is 2.78. The molecule has 1 aromatic rings. The summed E-state index contributed by atoms with van der Waals surface area (Å²) in [5, 5.41) is 0. The van der Waals surface area contributed by atoms with Crippen LogP contribution in [0.4, 0.5) is 0 Å². The second kappa shape index (κ2) is 5.80. The number of rotatable bonds is 4. The van der Waals surface area contributed by atoms with Gasteiger partial charge in [0.1, 0.15) is 0 Å². The van der Waals surface area contributed by atoms with Crippen LogP contribution >= 0.6 is 0 Å². The standard InChI is InChI=1S/C15H18O3/c1-18-14(16)8-4-6-12-10-9-11-5-2-3-7-13(11)15(12)17/h2-3,5,7,12H,4,6,8-10H2,1H3. The van der Waals surface area contributed by atoms with Gasteiger partial charge in [0.15, 0.2) is 5.78 Å². The molecule has 0 aliphatic heterocycles. The van der Waals surface area contributed by atoms with E-state index in [9.17, 15) is 9.59 Å². The minimum absolute atomic E-state index is 0.0737. The number of fused-ring (bicyclic) bond motifs is 1. The number of hydrogen-bond acceptors (Lipinski definition) is 3. The van der Waals surface area contributed by atoms with Crippen molar-refractivity contribution < 1.29 is 14.3 Å². The summed E-state index contributed by atoms with van der Waals surface area (Å²) in [6.07, 6.45) is 3.78. The average Bonchev–Trinajstić information content (AvgIpc) is 2.41. The first-order chi connectivity index (χ1) is 8.72. The lowest BCUT2D eigenvalue weighted by Crippen LogP contribution is -2.22. The molecule has 0 heterocycles. The van der Waals surface area contributed by atoms with Gasteiger partial charge in [0.25, 0.3) is 0 Å². The van der Waals surface area contributed by atoms with Gasteiger partial charge in [0.05, 0.1) is 7.11 Å². The van der Waals surface area contributed by atoms with Crippen LogP contribution in [0.1, 0.15) is 41.6 Å². The van der Waals surface area contributed by atoms with Gasteiger partial charge in [-0.3, -0.25) is 9.59 Å². The van der Waals surface area contributed by atoms with Crippen molar-refractivity contribution in [3.8, 4) is 0 Å². The number of ketones is 1. The number of hydrogen-bond donors (Lipinski definition) is 0. The Labute approximate surface area is 107 Å². The maximum atomic E-state index is 12.2. The van der Waals surface area contributed by atoms with E-state index < -0.39 is 0 Å². The number of benzene rings is 1. The topological polar surface area (TPSA) is 43.4 Å². The van der Waals surface area contributed by atoms with Crippen LogP contribution in [0, 0.1) is 5.92 Å². The molecule has 1 atom stereocenters. The van der Waals surface area contributed by atoms with Gasteiger partial charge < -0.3 is 4.74 Å². The molecule has 0 saturated heterocycles. The van der Waals surface area contributed by atoms with E-state index >= 15 is 0 Å². The highest BCUT2D eigenvalue weighted by atomic mass is 16.5. The van der Waals surface area contributed by atoms with Gasteiger partial charge in [-0.25, -0.2) is 0 Å². The zero-order chi connectivity index (χ0) is 13.0. The van der Waals surface area contributed by atoms with E-state index in [0.717, 1.165) is 36.8 Å². The molecule has 0 aromatic heterocycles. The van der Waals surface area contributed by atoms with E-state index in [1.165, 1.54) is 7.11 Å². The predicted molar refractivity (Wildman–Crippen MR) is 68.5 cm³/mol. The summed E-state index contributed by atoms with van der Waals surface area (Å²) in [5.74, 6) is 0.116. The first-order valence-electron chi connectivity index (χ1n) is 6.41. The normalized spacial score (nSPS) is 18.3. The summed E-state index contributed by atoms with van der Waals surface area (Å²) in [5.41, 5.74) is 2.03. The van der Waals surface area contributed by atoms with Crippen LogP contribution in [0.5, 0.6) is 0 Å². The monoisotopic (exact) mass is 246 g/mol. The maximum absolute atomic E-state index is 12.2. The van der Waals surface area contributed by atoms with E-state index in [4.69, 9.17) is 0 Å². The summed E-state index contributed by atoms with van der Waals surface area (Å²) in [6.45, 7) is 0. The third-order valence-electron chi connectivity index (χ3n) is 3.58. The summed E-state index contributed by atoms with van der Waals surface area (Å²) in [6, 6.07) is 7.82. The van der Waals surface area contributed by atoms with Crippen molar-refractivity contribution in [2.75, 3.05) is 7.11 Å². The summed E-state index contributed by atoms with van der Waals surface area (Å²) >= 11 is 0. The second-order valence-corrected chi connectivity index (χ2v) is 4.73. The summed E-state index contributed by atoms with van der Waals surface area (Å²) in [4.78, 5) is 23.3. The molecule has 1 unspecified atom stereocenters. The molecule has 96 valence electrons. The Balaban J connectivity index is 1.93. The Morgan fingerprint density at radius 2 is 2.17 bits per heavy atom. The fraction of sp³-hybridized carbons (Fsp3) is 0.467. The van der Waals surface area contributed by atoms with E-state index in [-0.39, 0.29) is 17.7 Å². The maximum Gasteiger partial charge on any atom is 0.305 e. The fourth-order valence-corrected chi connectivity index (χ4v) is 2.53. The zero-order valence-electron chi connectivity index (χ0n) is 10.6. The van der Waals surface area contributed by atoms with Crippen LogP contribution in [-0.4, -0.2) is 18.9 Å². The summed E-state index contributed by atoms with van der Waals surface area (Å²) in [7, 11) is 1.39. The lowest BCUT2D eigenvalue weighted by molar-refractivity contribution is -0.140. The largest absolute Gasteiger partial charge is 0.469 e. The van der Waals surface area contributed by atoms with Crippen molar-refractivity contribution in [2.24, 2.45) is 5.92 Å². The molecule has 0 bridgehead atoms. The van der Waals surface area contributed by atoms with Crippen molar-refractivity contribution >= 4 is 11.8 Å². The van der Waals surface area contributed by atoms with E-state index in [1.807, 2.05) is 24.3 Å². The van der Waals surface area contributed by atoms with Crippen molar-refractivity contribution in [1.29, 1.82) is 0 Å². The van der Waals surface area contributed by atoms with Crippen molar-refractivity contribution in [3.05, 3.63) is 35.4 Å². The fourth-order valence-electron chi connectivity index (χ4n) is 2.53. The Morgan fingerprint density at radius 3 is 2.94 bits per heavy atom. The molecular formula is C15H18O3. The van der Waals surface area contributed by atoms with Crippen LogP contribution in [0.15, 0.2) is 24.3 Å². The van der Waals surface area contributed by atoms with Gasteiger partial charge >= 0.3 is 5.97 Å². The molecule has 0 radical (unpaired) electrons.